The van der Waals surface area contributed by atoms with Gasteiger partial charge in [-0.3, -0.25) is 0 Å². The Kier molecular flexibility index (Phi) is 4.84. The van der Waals surface area contributed by atoms with Gasteiger partial charge in [-0.1, -0.05) is 25.4 Å². The first-order chi connectivity index (χ1) is 8.59. The molecule has 0 saturated heterocycles. The second-order valence-electron chi connectivity index (χ2n) is 5.27. The lowest BCUT2D eigenvalue weighted by molar-refractivity contribution is 0.163. The third-order valence-electron chi connectivity index (χ3n) is 2.84. The number of hydrogen-bond donors (Lipinski definition) is 3. The molecule has 0 fully saturated rings. The SMILES string of the molecule is Cc1c(N)cc(S(=O)(=O)NCC(C)(C)CO)cc1Cl. The van der Waals surface area contributed by atoms with E-state index >= 15 is 0 Å². The fraction of sp³-hybridized carbons (Fsp3) is 0.500. The third-order valence-corrected chi connectivity index (χ3v) is 4.61. The van der Waals surface area contributed by atoms with E-state index in [4.69, 9.17) is 22.4 Å². The zero-order chi connectivity index (χ0) is 14.8. The number of nitrogen functional groups attached to an aromatic ring is 1. The number of nitrogens with two attached hydrogens (primary N) is 1. The van der Waals surface area contributed by atoms with Crippen molar-refractivity contribution in [2.75, 3.05) is 18.9 Å². The molecule has 19 heavy (non-hydrogen) atoms. The van der Waals surface area contributed by atoms with Crippen LogP contribution in [0.3, 0.4) is 0 Å². The second-order valence-corrected chi connectivity index (χ2v) is 7.44. The summed E-state index contributed by atoms with van der Waals surface area (Å²) in [5, 5.41) is 9.42. The largest absolute Gasteiger partial charge is 0.398 e. The number of halogens is 1. The molecule has 0 aliphatic carbocycles. The minimum absolute atomic E-state index is 0.0225. The Morgan fingerprint density at radius 2 is 2.00 bits per heavy atom. The molecule has 0 aliphatic rings. The summed E-state index contributed by atoms with van der Waals surface area (Å²) in [5.74, 6) is 0. The quantitative estimate of drug-likeness (QED) is 0.719. The van der Waals surface area contributed by atoms with Gasteiger partial charge in [-0.15, -0.1) is 0 Å². The van der Waals surface area contributed by atoms with Crippen molar-refractivity contribution in [1.29, 1.82) is 0 Å². The Bertz CT molecular complexity index is 547. The van der Waals surface area contributed by atoms with Crippen molar-refractivity contribution < 1.29 is 13.5 Å². The monoisotopic (exact) mass is 306 g/mol. The van der Waals surface area contributed by atoms with E-state index in [1.54, 1.807) is 20.8 Å². The zero-order valence-electron chi connectivity index (χ0n) is 11.2. The summed E-state index contributed by atoms with van der Waals surface area (Å²) >= 11 is 5.93. The summed E-state index contributed by atoms with van der Waals surface area (Å²) in [4.78, 5) is 0.0225. The van der Waals surface area contributed by atoms with Crippen LogP contribution in [-0.4, -0.2) is 26.7 Å². The number of aliphatic hydroxyl groups is 1. The molecule has 5 nitrogen and oxygen atoms in total. The molecule has 0 unspecified atom stereocenters. The normalized spacial score (nSPS) is 12.7. The van der Waals surface area contributed by atoms with Crippen LogP contribution in [0.15, 0.2) is 17.0 Å². The van der Waals surface area contributed by atoms with Crippen LogP contribution in [-0.2, 0) is 10.0 Å². The van der Waals surface area contributed by atoms with Gasteiger partial charge in [0.2, 0.25) is 10.0 Å². The van der Waals surface area contributed by atoms with Crippen LogP contribution in [0.4, 0.5) is 5.69 Å². The third kappa shape index (κ3) is 4.07. The summed E-state index contributed by atoms with van der Waals surface area (Å²) < 4.78 is 26.6. The van der Waals surface area contributed by atoms with Gasteiger partial charge in [0.15, 0.2) is 0 Å². The number of hydrogen-bond acceptors (Lipinski definition) is 4. The van der Waals surface area contributed by atoms with Crippen LogP contribution in [0.5, 0.6) is 0 Å². The highest BCUT2D eigenvalue weighted by molar-refractivity contribution is 7.89. The molecule has 1 aromatic rings. The Balaban J connectivity index is 3.02. The van der Waals surface area contributed by atoms with Gasteiger partial charge < -0.3 is 10.8 Å². The van der Waals surface area contributed by atoms with Crippen LogP contribution in [0.25, 0.3) is 0 Å². The summed E-state index contributed by atoms with van der Waals surface area (Å²) in [5.41, 5.74) is 6.15. The average molecular weight is 307 g/mol. The first-order valence-corrected chi connectivity index (χ1v) is 7.61. The van der Waals surface area contributed by atoms with Crippen LogP contribution < -0.4 is 10.5 Å². The lowest BCUT2D eigenvalue weighted by atomic mass is 9.96. The molecular weight excluding hydrogens is 288 g/mol. The Labute approximate surface area is 118 Å². The molecule has 0 amide bonds. The van der Waals surface area contributed by atoms with Crippen molar-refractivity contribution in [3.63, 3.8) is 0 Å². The van der Waals surface area contributed by atoms with Gasteiger partial charge in [-0.25, -0.2) is 13.1 Å². The first kappa shape index (κ1) is 16.2. The van der Waals surface area contributed by atoms with Crippen LogP contribution >= 0.6 is 11.6 Å². The summed E-state index contributed by atoms with van der Waals surface area (Å²) in [6.07, 6.45) is 0. The van der Waals surface area contributed by atoms with E-state index in [1.165, 1.54) is 12.1 Å². The van der Waals surface area contributed by atoms with E-state index in [9.17, 15) is 8.42 Å². The number of benzene rings is 1. The molecule has 1 rings (SSSR count). The number of nitrogens with one attached hydrogen (secondary N) is 1. The van der Waals surface area contributed by atoms with Crippen molar-refractivity contribution in [2.24, 2.45) is 5.41 Å². The van der Waals surface area contributed by atoms with Gasteiger partial charge in [0, 0.05) is 29.3 Å². The van der Waals surface area contributed by atoms with Gasteiger partial charge in [0.25, 0.3) is 0 Å². The van der Waals surface area contributed by atoms with Gasteiger partial charge >= 0.3 is 0 Å². The zero-order valence-corrected chi connectivity index (χ0v) is 12.8. The molecule has 0 radical (unpaired) electrons. The lowest BCUT2D eigenvalue weighted by Crippen LogP contribution is -2.36. The van der Waals surface area contributed by atoms with Crippen LogP contribution in [0.1, 0.15) is 19.4 Å². The maximum atomic E-state index is 12.1. The predicted octanol–water partition coefficient (Wildman–Crippen LogP) is 1.53. The predicted molar refractivity (Wildman–Crippen MR) is 76.7 cm³/mol. The lowest BCUT2D eigenvalue weighted by Gasteiger charge is -2.22. The van der Waals surface area contributed by atoms with Crippen molar-refractivity contribution in [2.45, 2.75) is 25.7 Å². The molecule has 0 aliphatic heterocycles. The molecule has 7 heteroatoms. The molecule has 0 heterocycles. The smallest absolute Gasteiger partial charge is 0.240 e. The molecule has 1 aromatic carbocycles. The van der Waals surface area contributed by atoms with Crippen LogP contribution in [0, 0.1) is 12.3 Å². The summed E-state index contributed by atoms with van der Waals surface area (Å²) in [7, 11) is -3.69. The number of sulfonamides is 1. The van der Waals surface area contributed by atoms with E-state index < -0.39 is 15.4 Å². The fourth-order valence-corrected chi connectivity index (χ4v) is 2.85. The van der Waals surface area contributed by atoms with Crippen molar-refractivity contribution in [3.8, 4) is 0 Å². The molecule has 0 atom stereocenters. The minimum Gasteiger partial charge on any atom is -0.398 e. The van der Waals surface area contributed by atoms with E-state index in [2.05, 4.69) is 4.72 Å². The average Bonchev–Trinajstić information content (AvgIpc) is 2.33. The Morgan fingerprint density at radius 1 is 1.42 bits per heavy atom. The van der Waals surface area contributed by atoms with Gasteiger partial charge in [-0.2, -0.15) is 0 Å². The van der Waals surface area contributed by atoms with Crippen molar-refractivity contribution in [1.82, 2.24) is 4.72 Å². The molecule has 0 bridgehead atoms. The molecule has 4 N–H and O–H groups in total. The second kappa shape index (κ2) is 5.66. The van der Waals surface area contributed by atoms with E-state index in [-0.39, 0.29) is 18.0 Å². The highest BCUT2D eigenvalue weighted by Gasteiger charge is 2.22. The molecular formula is C12H19ClN2O3S. The van der Waals surface area contributed by atoms with Crippen LogP contribution in [0.2, 0.25) is 5.02 Å². The molecule has 0 aromatic heterocycles. The summed E-state index contributed by atoms with van der Waals surface area (Å²) in [6, 6.07) is 2.73. The van der Waals surface area contributed by atoms with E-state index in [0.29, 0.717) is 16.3 Å². The number of anilines is 1. The first-order valence-electron chi connectivity index (χ1n) is 5.75. The molecule has 108 valence electrons. The van der Waals surface area contributed by atoms with Gasteiger partial charge in [0.1, 0.15) is 0 Å². The van der Waals surface area contributed by atoms with E-state index in [0.717, 1.165) is 0 Å². The minimum atomic E-state index is -3.69. The fourth-order valence-electron chi connectivity index (χ4n) is 1.26. The number of aliphatic hydroxyl groups excluding tert-OH is 1. The van der Waals surface area contributed by atoms with Gasteiger partial charge in [0.05, 0.1) is 4.90 Å². The Morgan fingerprint density at radius 3 is 2.47 bits per heavy atom. The molecule has 0 saturated carbocycles. The summed E-state index contributed by atoms with van der Waals surface area (Å²) in [6.45, 7) is 5.23. The van der Waals surface area contributed by atoms with Crippen molar-refractivity contribution in [3.05, 3.63) is 22.7 Å². The standard InChI is InChI=1S/C12H19ClN2O3S/c1-8-10(13)4-9(5-11(8)14)19(17,18)15-6-12(2,3)7-16/h4-5,15-16H,6-7,14H2,1-3H3. The molecule has 0 spiro atoms. The van der Waals surface area contributed by atoms with E-state index in [1.807, 2.05) is 0 Å². The number of rotatable bonds is 5. The maximum absolute atomic E-state index is 12.1. The highest BCUT2D eigenvalue weighted by Crippen LogP contribution is 2.26. The topological polar surface area (TPSA) is 92.4 Å². The Hall–Kier alpha value is -0.820. The van der Waals surface area contributed by atoms with Crippen molar-refractivity contribution >= 4 is 27.3 Å². The maximum Gasteiger partial charge on any atom is 0.240 e. The highest BCUT2D eigenvalue weighted by atomic mass is 35.5. The van der Waals surface area contributed by atoms with Gasteiger partial charge in [-0.05, 0) is 24.6 Å².